The predicted octanol–water partition coefficient (Wildman–Crippen LogP) is 1.06. The van der Waals surface area contributed by atoms with Gasteiger partial charge in [-0.3, -0.25) is 19.1 Å². The second-order valence-corrected chi connectivity index (χ2v) is 6.74. The Morgan fingerprint density at radius 2 is 1.93 bits per heavy atom. The Balaban J connectivity index is 1.55. The first-order valence-corrected chi connectivity index (χ1v) is 9.10. The maximum absolute atomic E-state index is 12.8. The fourth-order valence-electron chi connectivity index (χ4n) is 3.60. The third-order valence-corrected chi connectivity index (χ3v) is 4.93. The molecule has 1 amide bonds. The fourth-order valence-corrected chi connectivity index (χ4v) is 3.60. The number of benzene rings is 1. The molecule has 8 nitrogen and oxygen atoms in total. The van der Waals surface area contributed by atoms with Crippen molar-refractivity contribution in [3.8, 4) is 11.5 Å². The molecule has 0 unspecified atom stereocenters. The van der Waals surface area contributed by atoms with E-state index >= 15 is 0 Å². The van der Waals surface area contributed by atoms with Gasteiger partial charge in [-0.25, -0.2) is 4.79 Å². The van der Waals surface area contributed by atoms with E-state index in [1.165, 1.54) is 16.8 Å². The van der Waals surface area contributed by atoms with Crippen molar-refractivity contribution < 1.29 is 14.3 Å². The Morgan fingerprint density at radius 1 is 1.11 bits per heavy atom. The maximum Gasteiger partial charge on any atom is 0.328 e. The average molecular weight is 371 g/mol. The zero-order chi connectivity index (χ0) is 18.8. The zero-order valence-corrected chi connectivity index (χ0v) is 14.8. The van der Waals surface area contributed by atoms with E-state index in [9.17, 15) is 14.4 Å². The number of H-pyrrole nitrogens is 1. The third kappa shape index (κ3) is 3.60. The summed E-state index contributed by atoms with van der Waals surface area (Å²) in [5.74, 6) is 1.28. The lowest BCUT2D eigenvalue weighted by Crippen LogP contribution is -2.38. The molecule has 0 bridgehead atoms. The SMILES string of the molecule is O=C(Cn1ccc(=O)[nH]c1=O)N1CCC[C@@H]1c1ccc2c(c1)OCCCO2. The number of hydrogen-bond donors (Lipinski definition) is 1. The van der Waals surface area contributed by atoms with Crippen LogP contribution in [0, 0.1) is 0 Å². The lowest BCUT2D eigenvalue weighted by Gasteiger charge is -2.26. The fraction of sp³-hybridized carbons (Fsp3) is 0.421. The van der Waals surface area contributed by atoms with Crippen LogP contribution in [0.25, 0.3) is 0 Å². The summed E-state index contributed by atoms with van der Waals surface area (Å²) in [5.41, 5.74) is -0.0592. The standard InChI is InChI=1S/C19H21N3O5/c23-17-6-8-21(19(25)20-17)12-18(24)22-7-1-3-14(22)13-4-5-15-16(11-13)27-10-2-9-26-15/h4-6,8,11,14H,1-3,7,9-10,12H2,(H,20,23,25)/t14-/m1/s1. The Kier molecular flexibility index (Phi) is 4.70. The molecule has 2 aliphatic heterocycles. The van der Waals surface area contributed by atoms with Crippen LogP contribution in [-0.2, 0) is 11.3 Å². The molecule has 0 aliphatic carbocycles. The molecule has 142 valence electrons. The highest BCUT2D eigenvalue weighted by Gasteiger charge is 2.31. The molecule has 1 atom stereocenters. The van der Waals surface area contributed by atoms with Crippen LogP contribution >= 0.6 is 0 Å². The predicted molar refractivity (Wildman–Crippen MR) is 97.1 cm³/mol. The van der Waals surface area contributed by atoms with Crippen LogP contribution in [0.15, 0.2) is 40.1 Å². The number of aromatic amines is 1. The summed E-state index contributed by atoms with van der Waals surface area (Å²) >= 11 is 0. The summed E-state index contributed by atoms with van der Waals surface area (Å²) in [7, 11) is 0. The number of amides is 1. The van der Waals surface area contributed by atoms with Gasteiger partial charge in [-0.1, -0.05) is 6.07 Å². The molecule has 0 saturated carbocycles. The van der Waals surface area contributed by atoms with E-state index in [1.54, 1.807) is 4.90 Å². The minimum absolute atomic E-state index is 0.0619. The van der Waals surface area contributed by atoms with E-state index < -0.39 is 11.2 Å². The molecule has 2 aromatic rings. The van der Waals surface area contributed by atoms with Crippen LogP contribution in [-0.4, -0.2) is 40.1 Å². The van der Waals surface area contributed by atoms with Crippen LogP contribution in [0.5, 0.6) is 11.5 Å². The first-order chi connectivity index (χ1) is 13.1. The van der Waals surface area contributed by atoms with Gasteiger partial charge < -0.3 is 14.4 Å². The molecular formula is C19H21N3O5. The van der Waals surface area contributed by atoms with Crippen molar-refractivity contribution in [1.29, 1.82) is 0 Å². The van der Waals surface area contributed by atoms with Crippen molar-refractivity contribution in [1.82, 2.24) is 14.5 Å². The van der Waals surface area contributed by atoms with E-state index in [2.05, 4.69) is 4.98 Å². The lowest BCUT2D eigenvalue weighted by molar-refractivity contribution is -0.132. The van der Waals surface area contributed by atoms with Crippen LogP contribution in [0.4, 0.5) is 0 Å². The number of fused-ring (bicyclic) bond motifs is 1. The first kappa shape index (κ1) is 17.4. The molecule has 1 saturated heterocycles. The van der Waals surface area contributed by atoms with Gasteiger partial charge in [0.15, 0.2) is 11.5 Å². The average Bonchev–Trinajstić information content (AvgIpc) is 3.03. The Labute approximate surface area is 155 Å². The molecule has 1 N–H and O–H groups in total. The summed E-state index contributed by atoms with van der Waals surface area (Å²) in [6.07, 6.45) is 3.93. The van der Waals surface area contributed by atoms with Gasteiger partial charge in [0, 0.05) is 25.2 Å². The number of likely N-dealkylation sites (tertiary alicyclic amines) is 1. The number of nitrogens with one attached hydrogen (secondary N) is 1. The van der Waals surface area contributed by atoms with Crippen molar-refractivity contribution >= 4 is 5.91 Å². The topological polar surface area (TPSA) is 93.6 Å². The van der Waals surface area contributed by atoms with E-state index in [0.717, 1.165) is 30.6 Å². The number of carbonyl (C=O) groups is 1. The quantitative estimate of drug-likeness (QED) is 0.871. The maximum atomic E-state index is 12.8. The van der Waals surface area contributed by atoms with Gasteiger partial charge in [-0.15, -0.1) is 0 Å². The van der Waals surface area contributed by atoms with Gasteiger partial charge in [-0.05, 0) is 30.5 Å². The van der Waals surface area contributed by atoms with E-state index in [0.29, 0.717) is 25.5 Å². The number of aromatic nitrogens is 2. The van der Waals surface area contributed by atoms with Gasteiger partial charge in [0.05, 0.1) is 19.3 Å². The Hall–Kier alpha value is -3.03. The van der Waals surface area contributed by atoms with E-state index in [4.69, 9.17) is 9.47 Å². The molecule has 3 heterocycles. The Bertz CT molecular complexity index is 964. The summed E-state index contributed by atoms with van der Waals surface area (Å²) in [5, 5.41) is 0. The second kappa shape index (κ2) is 7.30. The van der Waals surface area contributed by atoms with Crippen molar-refractivity contribution in [3.63, 3.8) is 0 Å². The van der Waals surface area contributed by atoms with Crippen LogP contribution < -0.4 is 20.7 Å². The van der Waals surface area contributed by atoms with Gasteiger partial charge >= 0.3 is 5.69 Å². The smallest absolute Gasteiger partial charge is 0.328 e. The molecule has 1 fully saturated rings. The molecule has 2 aliphatic rings. The van der Waals surface area contributed by atoms with Gasteiger partial charge in [0.2, 0.25) is 5.91 Å². The van der Waals surface area contributed by atoms with Crippen LogP contribution in [0.1, 0.15) is 30.9 Å². The molecule has 1 aromatic carbocycles. The lowest BCUT2D eigenvalue weighted by atomic mass is 10.0. The highest BCUT2D eigenvalue weighted by Crippen LogP contribution is 2.37. The van der Waals surface area contributed by atoms with Gasteiger partial charge in [-0.2, -0.15) is 0 Å². The van der Waals surface area contributed by atoms with E-state index in [-0.39, 0.29) is 18.5 Å². The second-order valence-electron chi connectivity index (χ2n) is 6.74. The van der Waals surface area contributed by atoms with Crippen molar-refractivity contribution in [2.24, 2.45) is 0 Å². The number of hydrogen-bond acceptors (Lipinski definition) is 5. The molecular weight excluding hydrogens is 350 g/mol. The first-order valence-electron chi connectivity index (χ1n) is 9.10. The Morgan fingerprint density at radius 3 is 2.74 bits per heavy atom. The number of nitrogens with zero attached hydrogens (tertiary/aromatic N) is 2. The van der Waals surface area contributed by atoms with Crippen molar-refractivity contribution in [2.75, 3.05) is 19.8 Å². The summed E-state index contributed by atoms with van der Waals surface area (Å²) in [6, 6.07) is 6.98. The van der Waals surface area contributed by atoms with Crippen LogP contribution in [0.3, 0.4) is 0 Å². The normalized spacial score (nSPS) is 19.0. The molecule has 0 spiro atoms. The highest BCUT2D eigenvalue weighted by atomic mass is 16.5. The van der Waals surface area contributed by atoms with Crippen molar-refractivity contribution in [3.05, 3.63) is 56.9 Å². The van der Waals surface area contributed by atoms with Crippen molar-refractivity contribution in [2.45, 2.75) is 31.8 Å². The van der Waals surface area contributed by atoms with Crippen LogP contribution in [0.2, 0.25) is 0 Å². The number of ether oxygens (including phenoxy) is 2. The molecule has 4 rings (SSSR count). The molecule has 1 aromatic heterocycles. The van der Waals surface area contributed by atoms with Gasteiger partial charge in [0.25, 0.3) is 5.56 Å². The minimum atomic E-state index is -0.581. The number of carbonyl (C=O) groups excluding carboxylic acids is 1. The highest BCUT2D eigenvalue weighted by molar-refractivity contribution is 5.77. The molecule has 0 radical (unpaired) electrons. The van der Waals surface area contributed by atoms with Gasteiger partial charge in [0.1, 0.15) is 6.54 Å². The minimum Gasteiger partial charge on any atom is -0.490 e. The summed E-state index contributed by atoms with van der Waals surface area (Å²) in [4.78, 5) is 39.8. The number of rotatable bonds is 3. The van der Waals surface area contributed by atoms with E-state index in [1.807, 2.05) is 18.2 Å². The zero-order valence-electron chi connectivity index (χ0n) is 14.8. The molecule has 27 heavy (non-hydrogen) atoms. The monoisotopic (exact) mass is 371 g/mol. The largest absolute Gasteiger partial charge is 0.490 e. The summed E-state index contributed by atoms with van der Waals surface area (Å²) < 4.78 is 12.6. The summed E-state index contributed by atoms with van der Waals surface area (Å²) in [6.45, 7) is 1.78. The third-order valence-electron chi connectivity index (χ3n) is 4.93. The molecule has 8 heteroatoms.